The van der Waals surface area contributed by atoms with Gasteiger partial charge in [0.15, 0.2) is 5.82 Å². The van der Waals surface area contributed by atoms with Gasteiger partial charge in [-0.2, -0.15) is 13.2 Å². The van der Waals surface area contributed by atoms with Crippen molar-refractivity contribution in [1.29, 1.82) is 0 Å². The number of nitrogens with one attached hydrogen (secondary N) is 1. The van der Waals surface area contributed by atoms with Gasteiger partial charge in [-0.15, -0.1) is 10.2 Å². The number of aliphatic hydroxyl groups excluding tert-OH is 1. The van der Waals surface area contributed by atoms with Crippen LogP contribution in [0.4, 0.5) is 18.9 Å². The van der Waals surface area contributed by atoms with Gasteiger partial charge in [-0.3, -0.25) is 4.79 Å². The van der Waals surface area contributed by atoms with Crippen LogP contribution in [0.15, 0.2) is 42.7 Å². The maximum atomic E-state index is 14.0. The molecular weight excluding hydrogens is 459 g/mol. The van der Waals surface area contributed by atoms with E-state index in [0.717, 1.165) is 25.3 Å². The van der Waals surface area contributed by atoms with Gasteiger partial charge in [0.2, 0.25) is 0 Å². The van der Waals surface area contributed by atoms with Crippen molar-refractivity contribution in [3.8, 4) is 0 Å². The van der Waals surface area contributed by atoms with E-state index in [0.29, 0.717) is 22.6 Å². The summed E-state index contributed by atoms with van der Waals surface area (Å²) in [4.78, 5) is 14.6. The maximum Gasteiger partial charge on any atom is 0.416 e. The van der Waals surface area contributed by atoms with Gasteiger partial charge >= 0.3 is 6.18 Å². The van der Waals surface area contributed by atoms with Crippen LogP contribution in [-0.4, -0.2) is 31.3 Å². The standard InChI is InChI=1S/C25H26F3N5O2/c1-24(7-4-8-24)29-12-15-9-18-19(20(10-15)25(26,27)28)13-33(23(18)35)17-6-3-5-16(11-17)21(34)22-31-30-14-32(22)2/h3,5-6,9-11,14,21,29,34H,4,7-8,12-13H2,1-2H3. The molecule has 5 rings (SSSR count). The molecule has 0 spiro atoms. The predicted molar refractivity (Wildman–Crippen MR) is 123 cm³/mol. The van der Waals surface area contributed by atoms with Crippen molar-refractivity contribution in [2.45, 2.75) is 57.1 Å². The Morgan fingerprint density at radius 1 is 1.23 bits per heavy atom. The van der Waals surface area contributed by atoms with Crippen LogP contribution in [0.1, 0.15) is 70.7 Å². The molecule has 1 aromatic heterocycles. The third-order valence-electron chi connectivity index (χ3n) is 7.07. The van der Waals surface area contributed by atoms with Crippen LogP contribution in [0.5, 0.6) is 0 Å². The summed E-state index contributed by atoms with van der Waals surface area (Å²) in [5.74, 6) is -0.178. The fourth-order valence-electron chi connectivity index (χ4n) is 4.78. The average molecular weight is 486 g/mol. The smallest absolute Gasteiger partial charge is 0.380 e. The van der Waals surface area contributed by atoms with Crippen molar-refractivity contribution in [2.75, 3.05) is 4.90 Å². The molecule has 1 unspecified atom stereocenters. The van der Waals surface area contributed by atoms with Crippen LogP contribution >= 0.6 is 0 Å². The van der Waals surface area contributed by atoms with Crippen LogP contribution in [-0.2, 0) is 26.3 Å². The minimum absolute atomic E-state index is 0.0274. The lowest BCUT2D eigenvalue weighted by molar-refractivity contribution is -0.138. The fraction of sp³-hybridized carbons (Fsp3) is 0.400. The van der Waals surface area contributed by atoms with Crippen LogP contribution in [0.2, 0.25) is 0 Å². The molecule has 1 atom stereocenters. The van der Waals surface area contributed by atoms with Gasteiger partial charge in [0.05, 0.1) is 12.1 Å². The van der Waals surface area contributed by atoms with E-state index >= 15 is 0 Å². The topological polar surface area (TPSA) is 83.3 Å². The molecule has 2 heterocycles. The highest BCUT2D eigenvalue weighted by Gasteiger charge is 2.41. The zero-order valence-corrected chi connectivity index (χ0v) is 19.4. The number of fused-ring (bicyclic) bond motifs is 1. The maximum absolute atomic E-state index is 14.0. The largest absolute Gasteiger partial charge is 0.416 e. The zero-order valence-electron chi connectivity index (χ0n) is 19.4. The number of rotatable bonds is 6. The molecule has 1 aliphatic heterocycles. The Kier molecular flexibility index (Phi) is 5.68. The molecule has 1 aliphatic carbocycles. The number of nitrogens with zero attached hydrogens (tertiary/aromatic N) is 4. The van der Waals surface area contributed by atoms with E-state index in [1.165, 1.54) is 11.2 Å². The summed E-state index contributed by atoms with van der Waals surface area (Å²) in [6.45, 7) is 2.13. The molecule has 184 valence electrons. The summed E-state index contributed by atoms with van der Waals surface area (Å²) in [5, 5.41) is 21.7. The Hall–Kier alpha value is -3.24. The van der Waals surface area contributed by atoms with Crippen LogP contribution in [0, 0.1) is 0 Å². The number of aryl methyl sites for hydroxylation is 1. The van der Waals surface area contributed by atoms with Gasteiger partial charge < -0.3 is 19.9 Å². The molecule has 35 heavy (non-hydrogen) atoms. The molecule has 1 fully saturated rings. The van der Waals surface area contributed by atoms with E-state index in [9.17, 15) is 23.1 Å². The lowest BCUT2D eigenvalue weighted by atomic mass is 9.78. The summed E-state index contributed by atoms with van der Waals surface area (Å²) in [6, 6.07) is 9.28. The number of benzene rings is 2. The van der Waals surface area contributed by atoms with Crippen LogP contribution in [0.25, 0.3) is 0 Å². The third-order valence-corrected chi connectivity index (χ3v) is 7.07. The van der Waals surface area contributed by atoms with Crippen LogP contribution < -0.4 is 10.2 Å². The highest BCUT2D eigenvalue weighted by Crippen LogP contribution is 2.40. The van der Waals surface area contributed by atoms with E-state index in [4.69, 9.17) is 0 Å². The fourth-order valence-corrected chi connectivity index (χ4v) is 4.78. The number of hydrogen-bond donors (Lipinski definition) is 2. The van der Waals surface area contributed by atoms with Crippen molar-refractivity contribution in [3.05, 3.63) is 76.4 Å². The highest BCUT2D eigenvalue weighted by atomic mass is 19.4. The van der Waals surface area contributed by atoms with Gasteiger partial charge in [0, 0.05) is 30.4 Å². The Bertz CT molecular complexity index is 1280. The molecule has 0 radical (unpaired) electrons. The molecular formula is C25H26F3N5O2. The van der Waals surface area contributed by atoms with E-state index < -0.39 is 23.8 Å². The molecule has 1 saturated carbocycles. The number of carbonyl (C=O) groups is 1. The van der Waals surface area contributed by atoms with E-state index in [1.54, 1.807) is 41.9 Å². The van der Waals surface area contributed by atoms with Crippen molar-refractivity contribution in [1.82, 2.24) is 20.1 Å². The Balaban J connectivity index is 1.46. The Morgan fingerprint density at radius 3 is 2.63 bits per heavy atom. The van der Waals surface area contributed by atoms with Crippen LogP contribution in [0.3, 0.4) is 0 Å². The Morgan fingerprint density at radius 2 is 2.00 bits per heavy atom. The summed E-state index contributed by atoms with van der Waals surface area (Å²) in [7, 11) is 1.69. The SMILES string of the molecule is Cn1cnnc1C(O)c1cccc(N2Cc3c(cc(CNC4(C)CCC4)cc3C(F)(F)F)C2=O)c1. The monoisotopic (exact) mass is 485 g/mol. The molecule has 2 aromatic carbocycles. The normalized spacial score (nSPS) is 17.9. The third kappa shape index (κ3) is 4.32. The molecule has 2 aliphatic rings. The number of carbonyl (C=O) groups excluding carboxylic acids is 1. The van der Waals surface area contributed by atoms with Gasteiger partial charge in [0.25, 0.3) is 5.91 Å². The molecule has 7 nitrogen and oxygen atoms in total. The molecule has 0 saturated heterocycles. The first-order valence-corrected chi connectivity index (χ1v) is 11.5. The number of amides is 1. The number of aliphatic hydroxyl groups is 1. The lowest BCUT2D eigenvalue weighted by Crippen LogP contribution is -2.47. The summed E-state index contributed by atoms with van der Waals surface area (Å²) in [6.07, 6.45) is -1.17. The van der Waals surface area contributed by atoms with E-state index in [1.807, 2.05) is 0 Å². The van der Waals surface area contributed by atoms with Crippen molar-refractivity contribution < 1.29 is 23.1 Å². The van der Waals surface area contributed by atoms with Gasteiger partial charge in [-0.05, 0) is 67.1 Å². The first-order valence-electron chi connectivity index (χ1n) is 11.5. The summed E-state index contributed by atoms with van der Waals surface area (Å²) >= 11 is 0. The molecule has 10 heteroatoms. The zero-order chi connectivity index (χ0) is 25.0. The second-order valence-corrected chi connectivity index (χ2v) is 9.62. The minimum Gasteiger partial charge on any atom is -0.380 e. The lowest BCUT2D eigenvalue weighted by Gasteiger charge is -2.39. The minimum atomic E-state index is -4.58. The quantitative estimate of drug-likeness (QED) is 0.549. The highest BCUT2D eigenvalue weighted by molar-refractivity contribution is 6.10. The van der Waals surface area contributed by atoms with Crippen molar-refractivity contribution >= 4 is 11.6 Å². The number of halogens is 3. The number of alkyl halides is 3. The molecule has 0 bridgehead atoms. The molecule has 2 N–H and O–H groups in total. The summed E-state index contributed by atoms with van der Waals surface area (Å²) < 4.78 is 43.6. The molecule has 3 aromatic rings. The first-order chi connectivity index (χ1) is 16.6. The second kappa shape index (κ2) is 8.46. The Labute approximate surface area is 200 Å². The second-order valence-electron chi connectivity index (χ2n) is 9.62. The average Bonchev–Trinajstić information content (AvgIpc) is 3.38. The van der Waals surface area contributed by atoms with Crippen molar-refractivity contribution in [3.63, 3.8) is 0 Å². The van der Waals surface area contributed by atoms with Gasteiger partial charge in [-0.25, -0.2) is 0 Å². The number of anilines is 1. The molecule has 1 amide bonds. The number of hydrogen-bond acceptors (Lipinski definition) is 5. The number of aromatic nitrogens is 3. The van der Waals surface area contributed by atoms with Gasteiger partial charge in [-0.1, -0.05) is 12.1 Å². The van der Waals surface area contributed by atoms with Gasteiger partial charge in [0.1, 0.15) is 12.4 Å². The van der Waals surface area contributed by atoms with E-state index in [2.05, 4.69) is 22.4 Å². The summed E-state index contributed by atoms with van der Waals surface area (Å²) in [5.41, 5.74) is 0.478. The predicted octanol–water partition coefficient (Wildman–Crippen LogP) is 4.11. The van der Waals surface area contributed by atoms with E-state index in [-0.39, 0.29) is 29.8 Å². The first kappa shape index (κ1) is 23.5. The van der Waals surface area contributed by atoms with Crippen molar-refractivity contribution in [2.24, 2.45) is 7.05 Å².